The number of unbranched alkanes of at least 4 members (excludes halogenated alkanes) is 1. The first kappa shape index (κ1) is 28.0. The highest BCUT2D eigenvalue weighted by Crippen LogP contribution is 2.27. The summed E-state index contributed by atoms with van der Waals surface area (Å²) in [5.41, 5.74) is 1.60. The Morgan fingerprint density at radius 3 is 2.41 bits per heavy atom. The van der Waals surface area contributed by atoms with Gasteiger partial charge < -0.3 is 10.2 Å². The van der Waals surface area contributed by atoms with E-state index in [-0.39, 0.29) is 12.5 Å². The van der Waals surface area contributed by atoms with Crippen LogP contribution in [0.15, 0.2) is 42.5 Å². The molecule has 10 heteroatoms. The molecule has 0 unspecified atom stereocenters. The molecule has 34 heavy (non-hydrogen) atoms. The summed E-state index contributed by atoms with van der Waals surface area (Å²) in [5, 5.41) is 3.63. The summed E-state index contributed by atoms with van der Waals surface area (Å²) in [6, 6.07) is 11.0. The van der Waals surface area contributed by atoms with E-state index in [1.807, 2.05) is 6.92 Å². The van der Waals surface area contributed by atoms with Crippen molar-refractivity contribution in [3.63, 3.8) is 0 Å². The topological polar surface area (TPSA) is 86.8 Å². The molecule has 1 N–H and O–H groups in total. The Labute approximate surface area is 212 Å². The second kappa shape index (κ2) is 12.4. The molecule has 0 spiro atoms. The molecule has 186 valence electrons. The lowest BCUT2D eigenvalue weighted by Crippen LogP contribution is -2.51. The molecule has 0 radical (unpaired) electrons. The van der Waals surface area contributed by atoms with E-state index in [2.05, 4.69) is 5.32 Å². The molecule has 0 aromatic heterocycles. The molecule has 0 aliphatic rings. The van der Waals surface area contributed by atoms with Gasteiger partial charge in [0.2, 0.25) is 21.8 Å². The average molecular weight is 529 g/mol. The van der Waals surface area contributed by atoms with Crippen molar-refractivity contribution in [2.24, 2.45) is 0 Å². The normalized spacial score (nSPS) is 12.2. The first-order valence-corrected chi connectivity index (χ1v) is 13.6. The Kier molecular flexibility index (Phi) is 10.2. The maximum absolute atomic E-state index is 13.5. The van der Waals surface area contributed by atoms with Gasteiger partial charge in [-0.25, -0.2) is 8.42 Å². The predicted octanol–water partition coefficient (Wildman–Crippen LogP) is 4.40. The van der Waals surface area contributed by atoms with E-state index < -0.39 is 28.5 Å². The number of nitrogens with one attached hydrogen (secondary N) is 1. The van der Waals surface area contributed by atoms with E-state index in [4.69, 9.17) is 23.2 Å². The van der Waals surface area contributed by atoms with Gasteiger partial charge in [-0.15, -0.1) is 0 Å². The van der Waals surface area contributed by atoms with E-state index in [1.165, 1.54) is 11.0 Å². The van der Waals surface area contributed by atoms with E-state index in [0.29, 0.717) is 33.4 Å². The van der Waals surface area contributed by atoms with E-state index in [9.17, 15) is 18.0 Å². The molecule has 0 aliphatic carbocycles. The van der Waals surface area contributed by atoms with Crippen LogP contribution in [-0.2, 0) is 26.2 Å². The molecule has 2 amide bonds. The predicted molar refractivity (Wildman–Crippen MR) is 138 cm³/mol. The Morgan fingerprint density at radius 1 is 1.12 bits per heavy atom. The molecular formula is C24H31Cl2N3O4S. The smallest absolute Gasteiger partial charge is 0.244 e. The van der Waals surface area contributed by atoms with Crippen LogP contribution in [0, 0.1) is 6.92 Å². The zero-order chi connectivity index (χ0) is 25.5. The molecule has 0 saturated heterocycles. The molecule has 2 rings (SSSR count). The minimum absolute atomic E-state index is 0.0486. The number of halogens is 2. The summed E-state index contributed by atoms with van der Waals surface area (Å²) in [7, 11) is -3.83. The minimum atomic E-state index is -3.83. The SMILES string of the molecule is CCCCNC(=O)[C@@H](C)N(Cc1ccccc1Cl)C(=O)CN(c1cc(Cl)ccc1C)S(C)(=O)=O. The lowest BCUT2D eigenvalue weighted by molar-refractivity contribution is -0.139. The molecular weight excluding hydrogens is 497 g/mol. The van der Waals surface area contributed by atoms with E-state index >= 15 is 0 Å². The summed E-state index contributed by atoms with van der Waals surface area (Å²) >= 11 is 12.4. The average Bonchev–Trinajstić information content (AvgIpc) is 2.77. The number of sulfonamides is 1. The van der Waals surface area contributed by atoms with Crippen LogP contribution in [0.5, 0.6) is 0 Å². The van der Waals surface area contributed by atoms with Crippen molar-refractivity contribution in [3.8, 4) is 0 Å². The highest BCUT2D eigenvalue weighted by Gasteiger charge is 2.30. The molecule has 0 aliphatic heterocycles. The number of nitrogens with zero attached hydrogens (tertiary/aromatic N) is 2. The van der Waals surface area contributed by atoms with Gasteiger partial charge in [0.1, 0.15) is 12.6 Å². The number of hydrogen-bond donors (Lipinski definition) is 1. The zero-order valence-corrected chi connectivity index (χ0v) is 22.2. The Bertz CT molecular complexity index is 1120. The monoisotopic (exact) mass is 527 g/mol. The fourth-order valence-electron chi connectivity index (χ4n) is 3.37. The fourth-order valence-corrected chi connectivity index (χ4v) is 4.64. The molecule has 2 aromatic rings. The highest BCUT2D eigenvalue weighted by molar-refractivity contribution is 7.92. The first-order valence-electron chi connectivity index (χ1n) is 11.0. The van der Waals surface area contributed by atoms with Crippen LogP contribution >= 0.6 is 23.2 Å². The van der Waals surface area contributed by atoms with Gasteiger partial charge in [-0.3, -0.25) is 13.9 Å². The van der Waals surface area contributed by atoms with Crippen molar-refractivity contribution in [1.29, 1.82) is 0 Å². The first-order chi connectivity index (χ1) is 16.0. The van der Waals surface area contributed by atoms with Crippen molar-refractivity contribution < 1.29 is 18.0 Å². The van der Waals surface area contributed by atoms with E-state index in [1.54, 1.807) is 50.2 Å². The van der Waals surface area contributed by atoms with Crippen LogP contribution in [0.2, 0.25) is 10.0 Å². The van der Waals surface area contributed by atoms with Gasteiger partial charge in [-0.1, -0.05) is 60.8 Å². The molecule has 0 bridgehead atoms. The molecule has 0 heterocycles. The van der Waals surface area contributed by atoms with Gasteiger partial charge in [0, 0.05) is 23.1 Å². The number of amides is 2. The lowest BCUT2D eigenvalue weighted by Gasteiger charge is -2.32. The fraction of sp³-hybridized carbons (Fsp3) is 0.417. The van der Waals surface area contributed by atoms with Crippen LogP contribution in [0.1, 0.15) is 37.8 Å². The van der Waals surface area contributed by atoms with Crippen molar-refractivity contribution in [1.82, 2.24) is 10.2 Å². The summed E-state index contributed by atoms with van der Waals surface area (Å²) in [6.45, 7) is 5.42. The molecule has 0 fully saturated rings. The van der Waals surface area contributed by atoms with Crippen LogP contribution in [0.3, 0.4) is 0 Å². The second-order valence-corrected chi connectivity index (χ2v) is 10.9. The summed E-state index contributed by atoms with van der Waals surface area (Å²) in [4.78, 5) is 27.7. The summed E-state index contributed by atoms with van der Waals surface area (Å²) in [6.07, 6.45) is 2.76. The number of hydrogen-bond acceptors (Lipinski definition) is 4. The second-order valence-electron chi connectivity index (χ2n) is 8.13. The number of carbonyl (C=O) groups is 2. The molecule has 1 atom stereocenters. The summed E-state index contributed by atoms with van der Waals surface area (Å²) in [5.74, 6) is -0.860. The Morgan fingerprint density at radius 2 is 1.79 bits per heavy atom. The van der Waals surface area contributed by atoms with Crippen LogP contribution in [0.25, 0.3) is 0 Å². The molecule has 7 nitrogen and oxygen atoms in total. The van der Waals surface area contributed by atoms with E-state index in [0.717, 1.165) is 23.4 Å². The maximum atomic E-state index is 13.5. The quantitative estimate of drug-likeness (QED) is 0.438. The third-order valence-corrected chi connectivity index (χ3v) is 7.14. The van der Waals surface area contributed by atoms with Gasteiger partial charge >= 0.3 is 0 Å². The standard InChI is InChI=1S/C24H31Cl2N3O4S/c1-5-6-13-27-24(31)18(3)28(15-19-9-7-8-10-21(19)26)23(30)16-29(34(4,32)33)22-14-20(25)12-11-17(22)2/h7-12,14,18H,5-6,13,15-16H2,1-4H3,(H,27,31)/t18-/m1/s1. The number of carbonyl (C=O) groups excluding carboxylic acids is 2. The van der Waals surface area contributed by atoms with Gasteiger partial charge in [-0.2, -0.15) is 0 Å². The molecule has 2 aromatic carbocycles. The van der Waals surface area contributed by atoms with Gasteiger partial charge in [0.05, 0.1) is 11.9 Å². The third kappa shape index (κ3) is 7.61. The van der Waals surface area contributed by atoms with Crippen molar-refractivity contribution in [2.75, 3.05) is 23.7 Å². The minimum Gasteiger partial charge on any atom is -0.354 e. The maximum Gasteiger partial charge on any atom is 0.244 e. The summed E-state index contributed by atoms with van der Waals surface area (Å²) < 4.78 is 26.3. The highest BCUT2D eigenvalue weighted by atomic mass is 35.5. The van der Waals surface area contributed by atoms with Crippen LogP contribution in [-0.4, -0.2) is 50.5 Å². The Hall–Kier alpha value is -2.29. The zero-order valence-electron chi connectivity index (χ0n) is 19.8. The number of benzene rings is 2. The van der Waals surface area contributed by atoms with Crippen molar-refractivity contribution in [3.05, 3.63) is 63.6 Å². The van der Waals surface area contributed by atoms with Gasteiger partial charge in [0.15, 0.2) is 0 Å². The number of aryl methyl sites for hydroxylation is 1. The van der Waals surface area contributed by atoms with Crippen molar-refractivity contribution >= 4 is 50.7 Å². The number of anilines is 1. The van der Waals surface area contributed by atoms with Crippen LogP contribution < -0.4 is 9.62 Å². The largest absolute Gasteiger partial charge is 0.354 e. The van der Waals surface area contributed by atoms with Gasteiger partial charge in [0.25, 0.3) is 0 Å². The molecule has 0 saturated carbocycles. The third-order valence-electron chi connectivity index (χ3n) is 5.41. The van der Waals surface area contributed by atoms with Crippen molar-refractivity contribution in [2.45, 2.75) is 46.2 Å². The van der Waals surface area contributed by atoms with Gasteiger partial charge in [-0.05, 0) is 49.6 Å². The van der Waals surface area contributed by atoms with Crippen LogP contribution in [0.4, 0.5) is 5.69 Å². The Balaban J connectivity index is 2.41. The lowest BCUT2D eigenvalue weighted by atomic mass is 10.1. The number of rotatable bonds is 11.